The third-order valence-corrected chi connectivity index (χ3v) is 5.14. The van der Waals surface area contributed by atoms with Gasteiger partial charge in [-0.05, 0) is 37.0 Å². The summed E-state index contributed by atoms with van der Waals surface area (Å²) in [6, 6.07) is 8.92. The van der Waals surface area contributed by atoms with Gasteiger partial charge in [-0.25, -0.2) is 13.6 Å². The fourth-order valence-corrected chi connectivity index (χ4v) is 3.47. The number of aliphatic hydroxyl groups is 1. The van der Waals surface area contributed by atoms with Crippen LogP contribution in [0.2, 0.25) is 0 Å². The van der Waals surface area contributed by atoms with E-state index in [-0.39, 0.29) is 17.0 Å². The summed E-state index contributed by atoms with van der Waals surface area (Å²) in [6.45, 7) is 1.46. The normalized spacial score (nSPS) is 16.2. The molecule has 0 aliphatic heterocycles. The summed E-state index contributed by atoms with van der Waals surface area (Å²) in [4.78, 5) is 15.3. The average Bonchev–Trinajstić information content (AvgIpc) is 3.13. The number of aliphatic hydroxyl groups excluding tert-OH is 1. The maximum atomic E-state index is 13.1. The summed E-state index contributed by atoms with van der Waals surface area (Å²) < 4.78 is 32.5. The minimum atomic E-state index is -2.87. The second-order valence-electron chi connectivity index (χ2n) is 7.11. The Morgan fingerprint density at radius 1 is 1.34 bits per heavy atom. The molecule has 1 atom stereocenters. The minimum absolute atomic E-state index is 0.0277. The molecule has 2 N–H and O–H groups in total. The third kappa shape index (κ3) is 3.39. The van der Waals surface area contributed by atoms with Crippen LogP contribution in [0.1, 0.15) is 41.9 Å². The monoisotopic (exact) mass is 404 g/mol. The van der Waals surface area contributed by atoms with E-state index in [1.807, 2.05) is 31.2 Å². The van der Waals surface area contributed by atoms with Crippen molar-refractivity contribution in [2.45, 2.75) is 44.3 Å². The predicted octanol–water partition coefficient (Wildman–Crippen LogP) is 2.70. The highest BCUT2D eigenvalue weighted by Gasteiger charge is 2.50. The van der Waals surface area contributed by atoms with Crippen molar-refractivity contribution in [2.75, 3.05) is 0 Å². The highest BCUT2D eigenvalue weighted by Crippen LogP contribution is 2.53. The Morgan fingerprint density at radius 2 is 2.07 bits per heavy atom. The van der Waals surface area contributed by atoms with E-state index < -0.39 is 30.7 Å². The molecule has 1 aliphatic rings. The average molecular weight is 404 g/mol. The lowest BCUT2D eigenvalue weighted by molar-refractivity contribution is -0.147. The van der Waals surface area contributed by atoms with E-state index in [2.05, 4.69) is 15.2 Å². The van der Waals surface area contributed by atoms with Crippen molar-refractivity contribution < 1.29 is 28.3 Å². The van der Waals surface area contributed by atoms with Gasteiger partial charge in [-0.3, -0.25) is 4.68 Å². The molecule has 29 heavy (non-hydrogen) atoms. The molecule has 3 aromatic rings. The fourth-order valence-electron chi connectivity index (χ4n) is 3.47. The van der Waals surface area contributed by atoms with E-state index in [0.717, 1.165) is 34.7 Å². The Kier molecular flexibility index (Phi) is 4.65. The van der Waals surface area contributed by atoms with Crippen LogP contribution in [0.15, 0.2) is 34.9 Å². The van der Waals surface area contributed by atoms with Crippen LogP contribution in [0.25, 0.3) is 11.6 Å². The molecular weight excluding hydrogens is 386 g/mol. The number of aromatic nitrogens is 4. The highest BCUT2D eigenvalue weighted by molar-refractivity contribution is 5.71. The smallest absolute Gasteiger partial charge is 0.334 e. The van der Waals surface area contributed by atoms with Crippen molar-refractivity contribution in [3.05, 3.63) is 53.0 Å². The van der Waals surface area contributed by atoms with E-state index in [1.54, 1.807) is 0 Å². The van der Waals surface area contributed by atoms with E-state index in [9.17, 15) is 18.7 Å². The number of hydrogen-bond acceptors (Lipinski definition) is 6. The molecule has 8 nitrogen and oxygen atoms in total. The second-order valence-corrected chi connectivity index (χ2v) is 7.11. The maximum absolute atomic E-state index is 13.1. The number of carboxylic acids is 1. The highest BCUT2D eigenvalue weighted by atomic mass is 19.3. The first-order valence-corrected chi connectivity index (χ1v) is 8.99. The van der Waals surface area contributed by atoms with Crippen LogP contribution in [0.5, 0.6) is 0 Å². The van der Waals surface area contributed by atoms with E-state index >= 15 is 0 Å². The molecule has 0 unspecified atom stereocenters. The zero-order valence-electron chi connectivity index (χ0n) is 15.4. The second kappa shape index (κ2) is 7.03. The summed E-state index contributed by atoms with van der Waals surface area (Å²) in [6.07, 6.45) is -3.03. The zero-order chi connectivity index (χ0) is 20.8. The van der Waals surface area contributed by atoms with Gasteiger partial charge < -0.3 is 14.7 Å². The van der Waals surface area contributed by atoms with Crippen LogP contribution in [0, 0.1) is 6.92 Å². The lowest BCUT2D eigenvalue weighted by Gasteiger charge is -2.13. The minimum Gasteiger partial charge on any atom is -0.479 e. The van der Waals surface area contributed by atoms with Crippen LogP contribution in [-0.4, -0.2) is 42.2 Å². The van der Waals surface area contributed by atoms with Gasteiger partial charge in [0.1, 0.15) is 11.4 Å². The molecular formula is C19H18F2N4O4. The largest absolute Gasteiger partial charge is 0.479 e. The zero-order valence-corrected chi connectivity index (χ0v) is 15.4. The number of carbonyl (C=O) groups is 1. The number of aliphatic carboxylic acids is 1. The molecule has 1 fully saturated rings. The number of halogens is 2. The molecule has 0 radical (unpaired) electrons. The molecule has 1 aromatic carbocycles. The van der Waals surface area contributed by atoms with E-state index in [0.29, 0.717) is 5.82 Å². The lowest BCUT2D eigenvalue weighted by Crippen LogP contribution is -2.26. The molecule has 0 saturated heterocycles. The molecule has 2 aromatic heterocycles. The van der Waals surface area contributed by atoms with Crippen molar-refractivity contribution in [3.63, 3.8) is 0 Å². The summed E-state index contributed by atoms with van der Waals surface area (Å²) in [5.41, 5.74) is 1.24. The summed E-state index contributed by atoms with van der Waals surface area (Å²) in [5.74, 6) is -1.11. The van der Waals surface area contributed by atoms with Crippen LogP contribution in [-0.2, 0) is 16.8 Å². The molecule has 10 heteroatoms. The van der Waals surface area contributed by atoms with Crippen LogP contribution < -0.4 is 0 Å². The molecule has 2 heterocycles. The van der Waals surface area contributed by atoms with Crippen LogP contribution in [0.4, 0.5) is 8.78 Å². The van der Waals surface area contributed by atoms with Crippen molar-refractivity contribution in [1.29, 1.82) is 0 Å². The summed E-state index contributed by atoms with van der Waals surface area (Å²) in [5, 5.41) is 26.3. The standard InChI is InChI=1S/C19H18F2N4O4/c1-10-4-2-3-5-11(10)19(6-7-19)18-22-16(29-24-18)13-8-12(15(20)21)23-25(13)9-14(26)17(27)28/h2-5,8,14-15,26H,6-7,9H2,1H3,(H,27,28)/t14-/m0/s1. The number of carboxylic acid groups (broad SMARTS) is 1. The van der Waals surface area contributed by atoms with Gasteiger partial charge in [-0.2, -0.15) is 10.1 Å². The lowest BCUT2D eigenvalue weighted by atomic mass is 9.91. The number of aryl methyl sites for hydroxylation is 1. The fraction of sp³-hybridized carbons (Fsp3) is 0.368. The van der Waals surface area contributed by atoms with Gasteiger partial charge in [-0.1, -0.05) is 29.4 Å². The van der Waals surface area contributed by atoms with Crippen molar-refractivity contribution in [3.8, 4) is 11.6 Å². The van der Waals surface area contributed by atoms with Crippen molar-refractivity contribution in [2.24, 2.45) is 0 Å². The van der Waals surface area contributed by atoms with Crippen LogP contribution in [0.3, 0.4) is 0 Å². The topological polar surface area (TPSA) is 114 Å². The number of hydrogen-bond donors (Lipinski definition) is 2. The van der Waals surface area contributed by atoms with Crippen LogP contribution >= 0.6 is 0 Å². The summed E-state index contributed by atoms with van der Waals surface area (Å²) >= 11 is 0. The number of alkyl halides is 2. The molecule has 0 bridgehead atoms. The first-order valence-electron chi connectivity index (χ1n) is 8.99. The first kappa shape index (κ1) is 19.2. The van der Waals surface area contributed by atoms with Crippen molar-refractivity contribution >= 4 is 5.97 Å². The Bertz CT molecular complexity index is 1060. The number of rotatable bonds is 7. The number of nitrogens with zero attached hydrogens (tertiary/aromatic N) is 4. The molecule has 0 amide bonds. The predicted molar refractivity (Wildman–Crippen MR) is 95.3 cm³/mol. The van der Waals surface area contributed by atoms with Crippen molar-refractivity contribution in [1.82, 2.24) is 19.9 Å². The SMILES string of the molecule is Cc1ccccc1C1(c2noc(-c3cc(C(F)F)nn3C[C@H](O)C(=O)O)n2)CC1. The number of benzene rings is 1. The van der Waals surface area contributed by atoms with Gasteiger partial charge in [-0.15, -0.1) is 0 Å². The molecule has 1 aliphatic carbocycles. The van der Waals surface area contributed by atoms with E-state index in [1.165, 1.54) is 0 Å². The summed E-state index contributed by atoms with van der Waals surface area (Å²) in [7, 11) is 0. The van der Waals surface area contributed by atoms with E-state index in [4.69, 9.17) is 9.63 Å². The maximum Gasteiger partial charge on any atom is 0.334 e. The Morgan fingerprint density at radius 3 is 2.69 bits per heavy atom. The Hall–Kier alpha value is -3.14. The molecule has 152 valence electrons. The van der Waals surface area contributed by atoms with Gasteiger partial charge in [0.05, 0.1) is 12.0 Å². The van der Waals surface area contributed by atoms with Gasteiger partial charge in [0.2, 0.25) is 0 Å². The molecule has 1 saturated carbocycles. The first-order chi connectivity index (χ1) is 13.8. The molecule has 0 spiro atoms. The van der Waals surface area contributed by atoms with Gasteiger partial charge >= 0.3 is 5.97 Å². The molecule has 4 rings (SSSR count). The third-order valence-electron chi connectivity index (χ3n) is 5.14. The Balaban J connectivity index is 1.71. The quantitative estimate of drug-likeness (QED) is 0.622. The van der Waals surface area contributed by atoms with Gasteiger partial charge in [0, 0.05) is 0 Å². The van der Waals surface area contributed by atoms with Gasteiger partial charge in [0.15, 0.2) is 11.9 Å². The van der Waals surface area contributed by atoms with Gasteiger partial charge in [0.25, 0.3) is 12.3 Å². The Labute approximate surface area is 163 Å².